The second-order valence-corrected chi connectivity index (χ2v) is 4.22. The number of alkyl halides is 1. The second kappa shape index (κ2) is 6.93. The molecular weight excluding hydrogens is 244 g/mol. The van der Waals surface area contributed by atoms with Crippen molar-refractivity contribution >= 4 is 27.5 Å². The fraction of sp³-hybridized carbons (Fsp3) is 0.636. The lowest BCUT2D eigenvalue weighted by Crippen LogP contribution is -2.27. The van der Waals surface area contributed by atoms with Gasteiger partial charge < -0.3 is 0 Å². The van der Waals surface area contributed by atoms with E-state index in [0.717, 1.165) is 18.2 Å². The molecule has 0 saturated carbocycles. The van der Waals surface area contributed by atoms with Crippen LogP contribution in [0.25, 0.3) is 0 Å². The van der Waals surface area contributed by atoms with Crippen molar-refractivity contribution in [3.05, 3.63) is 12.7 Å². The third kappa shape index (κ3) is 4.18. The van der Waals surface area contributed by atoms with Gasteiger partial charge in [-0.3, -0.25) is 9.59 Å². The van der Waals surface area contributed by atoms with E-state index in [4.69, 9.17) is 0 Å². The van der Waals surface area contributed by atoms with Crippen molar-refractivity contribution < 1.29 is 9.59 Å². The number of ketones is 2. The Morgan fingerprint density at radius 2 is 1.86 bits per heavy atom. The topological polar surface area (TPSA) is 34.1 Å². The molecule has 0 aliphatic rings. The Labute approximate surface area is 93.9 Å². The first kappa shape index (κ1) is 13.6. The quantitative estimate of drug-likeness (QED) is 0.401. The average Bonchev–Trinajstić information content (AvgIpc) is 2.10. The Morgan fingerprint density at radius 1 is 1.36 bits per heavy atom. The number of rotatable bonds is 7. The van der Waals surface area contributed by atoms with Crippen molar-refractivity contribution in [2.75, 3.05) is 5.33 Å². The predicted octanol–water partition coefficient (Wildman–Crippen LogP) is 2.76. The minimum absolute atomic E-state index is 0.0115. The summed E-state index contributed by atoms with van der Waals surface area (Å²) in [4.78, 5) is 22.5. The van der Waals surface area contributed by atoms with E-state index in [2.05, 4.69) is 22.5 Å². The normalized spacial score (nSPS) is 12.6. The number of carbonyl (C=O) groups is 2. The van der Waals surface area contributed by atoms with Crippen LogP contribution in [0.3, 0.4) is 0 Å². The summed E-state index contributed by atoms with van der Waals surface area (Å²) in [6.07, 6.45) is 3.50. The van der Waals surface area contributed by atoms with Crippen LogP contribution in [-0.2, 0) is 9.59 Å². The van der Waals surface area contributed by atoms with Gasteiger partial charge in [0, 0.05) is 5.33 Å². The summed E-state index contributed by atoms with van der Waals surface area (Å²) in [6, 6.07) is 0. The molecule has 0 rings (SSSR count). The number of hydrogen-bond donors (Lipinski definition) is 0. The van der Waals surface area contributed by atoms with Gasteiger partial charge in [0.1, 0.15) is 11.6 Å². The van der Waals surface area contributed by atoms with Gasteiger partial charge in [-0.05, 0) is 32.6 Å². The van der Waals surface area contributed by atoms with Gasteiger partial charge >= 0.3 is 0 Å². The first-order valence-electron chi connectivity index (χ1n) is 4.74. The summed E-state index contributed by atoms with van der Waals surface area (Å²) in [5.74, 6) is -0.622. The van der Waals surface area contributed by atoms with E-state index >= 15 is 0 Å². The molecule has 3 heteroatoms. The molecule has 0 aromatic carbocycles. The summed E-state index contributed by atoms with van der Waals surface area (Å²) in [5.41, 5.74) is 0. The van der Waals surface area contributed by atoms with E-state index in [-0.39, 0.29) is 17.5 Å². The van der Waals surface area contributed by atoms with Crippen molar-refractivity contribution in [3.63, 3.8) is 0 Å². The SMILES string of the molecule is C=C[C@H](CCCBr)C(C(C)=O)C(C)=O. The number of allylic oxidation sites excluding steroid dienone is 1. The highest BCUT2D eigenvalue weighted by Crippen LogP contribution is 2.21. The number of Topliss-reactive ketones (excluding diaryl/α,β-unsaturated/α-hetero) is 2. The molecule has 2 nitrogen and oxygen atoms in total. The van der Waals surface area contributed by atoms with E-state index in [1.165, 1.54) is 13.8 Å². The van der Waals surface area contributed by atoms with Crippen molar-refractivity contribution in [3.8, 4) is 0 Å². The first-order chi connectivity index (χ1) is 6.54. The van der Waals surface area contributed by atoms with Gasteiger partial charge in [-0.2, -0.15) is 0 Å². The van der Waals surface area contributed by atoms with Crippen LogP contribution in [0.15, 0.2) is 12.7 Å². The van der Waals surface area contributed by atoms with Crippen LogP contribution in [0, 0.1) is 11.8 Å². The molecule has 0 saturated heterocycles. The van der Waals surface area contributed by atoms with Crippen LogP contribution >= 0.6 is 15.9 Å². The van der Waals surface area contributed by atoms with Crippen LogP contribution < -0.4 is 0 Å². The highest BCUT2D eigenvalue weighted by atomic mass is 79.9. The molecule has 0 amide bonds. The molecule has 0 fully saturated rings. The molecule has 1 atom stereocenters. The molecule has 80 valence electrons. The minimum atomic E-state index is -0.494. The summed E-state index contributed by atoms with van der Waals surface area (Å²) in [6.45, 7) is 6.62. The highest BCUT2D eigenvalue weighted by Gasteiger charge is 2.26. The number of carbonyl (C=O) groups excluding carboxylic acids is 2. The maximum Gasteiger partial charge on any atom is 0.140 e. The zero-order valence-electron chi connectivity index (χ0n) is 8.75. The molecule has 0 spiro atoms. The highest BCUT2D eigenvalue weighted by molar-refractivity contribution is 9.09. The standard InChI is InChI=1S/C11H17BrO2/c1-4-10(6-5-7-12)11(8(2)13)9(3)14/h4,10-11H,1,5-7H2,2-3H3/t10-/m1/s1. The molecule has 0 bridgehead atoms. The second-order valence-electron chi connectivity index (χ2n) is 3.43. The maximum absolute atomic E-state index is 11.3. The minimum Gasteiger partial charge on any atom is -0.299 e. The molecule has 0 radical (unpaired) electrons. The van der Waals surface area contributed by atoms with Crippen LogP contribution in [0.5, 0.6) is 0 Å². The number of hydrogen-bond acceptors (Lipinski definition) is 2. The molecule has 0 aliphatic carbocycles. The van der Waals surface area contributed by atoms with Gasteiger partial charge in [0.15, 0.2) is 0 Å². The summed E-state index contributed by atoms with van der Waals surface area (Å²) in [7, 11) is 0. The Morgan fingerprint density at radius 3 is 2.14 bits per heavy atom. The lowest BCUT2D eigenvalue weighted by atomic mass is 9.83. The Balaban J connectivity index is 4.50. The summed E-state index contributed by atoms with van der Waals surface area (Å²) < 4.78 is 0. The van der Waals surface area contributed by atoms with Gasteiger partial charge in [-0.25, -0.2) is 0 Å². The molecule has 0 heterocycles. The third-order valence-corrected chi connectivity index (χ3v) is 2.84. The molecular formula is C11H17BrO2. The molecule has 0 N–H and O–H groups in total. The molecule has 0 aliphatic heterocycles. The zero-order valence-corrected chi connectivity index (χ0v) is 10.3. The monoisotopic (exact) mass is 260 g/mol. The maximum atomic E-state index is 11.3. The first-order valence-corrected chi connectivity index (χ1v) is 5.86. The Kier molecular flexibility index (Phi) is 6.71. The van der Waals surface area contributed by atoms with E-state index in [9.17, 15) is 9.59 Å². The average molecular weight is 261 g/mol. The molecule has 14 heavy (non-hydrogen) atoms. The smallest absolute Gasteiger partial charge is 0.140 e. The zero-order chi connectivity index (χ0) is 11.1. The van der Waals surface area contributed by atoms with E-state index in [1.807, 2.05) is 0 Å². The van der Waals surface area contributed by atoms with Crippen LogP contribution in [-0.4, -0.2) is 16.9 Å². The molecule has 0 aromatic heterocycles. The summed E-state index contributed by atoms with van der Waals surface area (Å²) >= 11 is 3.33. The lowest BCUT2D eigenvalue weighted by molar-refractivity contribution is -0.131. The Bertz CT molecular complexity index is 209. The molecule has 0 unspecified atom stereocenters. The van der Waals surface area contributed by atoms with Gasteiger partial charge in [0.25, 0.3) is 0 Å². The fourth-order valence-electron chi connectivity index (χ4n) is 1.62. The van der Waals surface area contributed by atoms with E-state index < -0.39 is 5.92 Å². The van der Waals surface area contributed by atoms with Crippen LogP contribution in [0.2, 0.25) is 0 Å². The van der Waals surface area contributed by atoms with Crippen LogP contribution in [0.1, 0.15) is 26.7 Å². The molecule has 0 aromatic rings. The van der Waals surface area contributed by atoms with E-state index in [1.54, 1.807) is 6.08 Å². The summed E-state index contributed by atoms with van der Waals surface area (Å²) in [5, 5.41) is 0.889. The van der Waals surface area contributed by atoms with Gasteiger partial charge in [-0.15, -0.1) is 6.58 Å². The third-order valence-electron chi connectivity index (χ3n) is 2.28. The van der Waals surface area contributed by atoms with Crippen LogP contribution in [0.4, 0.5) is 0 Å². The Hall–Kier alpha value is -0.440. The largest absolute Gasteiger partial charge is 0.299 e. The fourth-order valence-corrected chi connectivity index (χ4v) is 1.95. The van der Waals surface area contributed by atoms with Gasteiger partial charge in [0.2, 0.25) is 0 Å². The van der Waals surface area contributed by atoms with Crippen molar-refractivity contribution in [2.45, 2.75) is 26.7 Å². The van der Waals surface area contributed by atoms with Gasteiger partial charge in [-0.1, -0.05) is 22.0 Å². The van der Waals surface area contributed by atoms with E-state index in [0.29, 0.717) is 0 Å². The van der Waals surface area contributed by atoms with Crippen molar-refractivity contribution in [1.29, 1.82) is 0 Å². The predicted molar refractivity (Wildman–Crippen MR) is 61.6 cm³/mol. The lowest BCUT2D eigenvalue weighted by Gasteiger charge is -2.19. The number of halogens is 1. The van der Waals surface area contributed by atoms with Crippen molar-refractivity contribution in [1.82, 2.24) is 0 Å². The van der Waals surface area contributed by atoms with Crippen molar-refractivity contribution in [2.24, 2.45) is 11.8 Å². The van der Waals surface area contributed by atoms with Gasteiger partial charge in [0.05, 0.1) is 5.92 Å².